The van der Waals surface area contributed by atoms with Crippen molar-refractivity contribution in [1.29, 1.82) is 0 Å². The number of aliphatic hydroxyl groups excluding tert-OH is 4. The van der Waals surface area contributed by atoms with Crippen molar-refractivity contribution in [3.05, 3.63) is 0 Å². The fourth-order valence-corrected chi connectivity index (χ4v) is 3.67. The van der Waals surface area contributed by atoms with E-state index in [1.165, 1.54) is 6.92 Å². The van der Waals surface area contributed by atoms with Gasteiger partial charge in [0.1, 0.15) is 6.10 Å². The molecule has 7 N–H and O–H groups in total. The van der Waals surface area contributed by atoms with Crippen LogP contribution >= 0.6 is 11.8 Å². The van der Waals surface area contributed by atoms with E-state index < -0.39 is 59.4 Å². The van der Waals surface area contributed by atoms with Gasteiger partial charge in [-0.25, -0.2) is 4.79 Å². The van der Waals surface area contributed by atoms with Crippen LogP contribution in [-0.2, 0) is 9.59 Å². The highest BCUT2D eigenvalue weighted by Crippen LogP contribution is 2.41. The van der Waals surface area contributed by atoms with Crippen LogP contribution in [0.3, 0.4) is 0 Å². The molecule has 0 spiro atoms. The molecule has 1 heterocycles. The number of carbonyl (C=O) groups is 2. The monoisotopic (exact) mass is 325 g/mol. The Hall–Kier alpha value is -0.910. The first-order valence-corrected chi connectivity index (χ1v) is 7.06. The van der Waals surface area contributed by atoms with Crippen LogP contribution in [0.2, 0.25) is 0 Å². The van der Waals surface area contributed by atoms with E-state index in [0.29, 0.717) is 11.8 Å². The van der Waals surface area contributed by atoms with Crippen LogP contribution in [0.15, 0.2) is 0 Å². The number of nitrogens with one attached hydrogen (secondary N) is 1. The molecule has 0 radical (unpaired) electrons. The van der Waals surface area contributed by atoms with Gasteiger partial charge < -0.3 is 36.0 Å². The Balaban J connectivity index is 3.07. The fraction of sp³-hybridized carbons (Fsp3) is 0.818. The third kappa shape index (κ3) is 4.05. The van der Waals surface area contributed by atoms with Crippen LogP contribution in [0.25, 0.3) is 0 Å². The van der Waals surface area contributed by atoms with Crippen LogP contribution < -0.4 is 5.32 Å². The molecule has 1 aliphatic heterocycles. The lowest BCUT2D eigenvalue weighted by atomic mass is 9.94. The SMILES string of the molecule is CC(=O)N[C@H]1C([C@H](O)[C@H](O)CO)S[C@](O)(C(=O)O)C[C@H]1O. The highest BCUT2D eigenvalue weighted by atomic mass is 32.2. The topological polar surface area (TPSA) is 168 Å². The standard InChI is InChI=1S/C11H19NO8S/c1-4(14)12-7-5(15)2-11(20,10(18)19)21-9(7)8(17)6(16)3-13/h5-9,13,15-17,20H,2-3H2,1H3,(H,12,14)(H,18,19)/t5-,6-,7-,8-,9?,11+/m1/s1. The second-order valence-corrected chi connectivity index (χ2v) is 6.37. The normalized spacial score (nSPS) is 35.8. The molecule has 6 atom stereocenters. The minimum Gasteiger partial charge on any atom is -0.478 e. The summed E-state index contributed by atoms with van der Waals surface area (Å²) in [7, 11) is 0. The first-order valence-electron chi connectivity index (χ1n) is 6.18. The van der Waals surface area contributed by atoms with Crippen molar-refractivity contribution in [2.75, 3.05) is 6.61 Å². The molecule has 9 nitrogen and oxygen atoms in total. The molecular formula is C11H19NO8S. The molecule has 0 aromatic heterocycles. The molecule has 0 aromatic carbocycles. The largest absolute Gasteiger partial charge is 0.478 e. The van der Waals surface area contributed by atoms with Crippen molar-refractivity contribution in [3.63, 3.8) is 0 Å². The zero-order valence-corrected chi connectivity index (χ0v) is 12.0. The van der Waals surface area contributed by atoms with E-state index in [-0.39, 0.29) is 0 Å². The van der Waals surface area contributed by atoms with Gasteiger partial charge in [0.15, 0.2) is 0 Å². The lowest BCUT2D eigenvalue weighted by molar-refractivity contribution is -0.153. The van der Waals surface area contributed by atoms with Crippen LogP contribution in [0.5, 0.6) is 0 Å². The number of hydrogen-bond acceptors (Lipinski definition) is 8. The predicted octanol–water partition coefficient (Wildman–Crippen LogP) is -3.16. The van der Waals surface area contributed by atoms with Gasteiger partial charge in [-0.15, -0.1) is 11.8 Å². The average Bonchev–Trinajstić information content (AvgIpc) is 2.39. The van der Waals surface area contributed by atoms with E-state index in [4.69, 9.17) is 10.2 Å². The summed E-state index contributed by atoms with van der Waals surface area (Å²) in [5.41, 5.74) is 0. The minimum atomic E-state index is -2.37. The van der Waals surface area contributed by atoms with Gasteiger partial charge in [-0.05, 0) is 0 Å². The van der Waals surface area contributed by atoms with Crippen molar-refractivity contribution in [1.82, 2.24) is 5.32 Å². The molecule has 21 heavy (non-hydrogen) atoms. The molecule has 1 rings (SSSR count). The second kappa shape index (κ2) is 6.90. The second-order valence-electron chi connectivity index (χ2n) is 4.91. The molecule has 1 amide bonds. The number of aliphatic hydroxyl groups is 5. The number of rotatable bonds is 5. The highest BCUT2D eigenvalue weighted by molar-refractivity contribution is 8.01. The Labute approximate surface area is 124 Å². The lowest BCUT2D eigenvalue weighted by Crippen LogP contribution is -2.62. The Morgan fingerprint density at radius 2 is 2.00 bits per heavy atom. The summed E-state index contributed by atoms with van der Waals surface area (Å²) >= 11 is 0.408. The van der Waals surface area contributed by atoms with Crippen molar-refractivity contribution in [3.8, 4) is 0 Å². The van der Waals surface area contributed by atoms with Crippen molar-refractivity contribution in [2.45, 2.75) is 47.9 Å². The molecular weight excluding hydrogens is 306 g/mol. The fourth-order valence-electron chi connectivity index (χ4n) is 2.14. The van der Waals surface area contributed by atoms with Crippen LogP contribution in [0.1, 0.15) is 13.3 Å². The van der Waals surface area contributed by atoms with Crippen molar-refractivity contribution < 1.29 is 40.2 Å². The molecule has 0 bridgehead atoms. The summed E-state index contributed by atoms with van der Waals surface area (Å²) in [6.07, 6.45) is -5.27. The number of carboxylic acid groups (broad SMARTS) is 1. The zero-order valence-electron chi connectivity index (χ0n) is 11.2. The van der Waals surface area contributed by atoms with Gasteiger partial charge in [0.2, 0.25) is 10.8 Å². The summed E-state index contributed by atoms with van der Waals surface area (Å²) < 4.78 is 0. The van der Waals surface area contributed by atoms with Crippen LogP contribution in [-0.4, -0.2) is 83.7 Å². The molecule has 1 fully saturated rings. The smallest absolute Gasteiger partial charge is 0.346 e. The number of amides is 1. The number of hydrogen-bond donors (Lipinski definition) is 7. The Morgan fingerprint density at radius 1 is 1.43 bits per heavy atom. The molecule has 1 aliphatic rings. The number of thioether (sulfide) groups is 1. The molecule has 122 valence electrons. The van der Waals surface area contributed by atoms with Crippen molar-refractivity contribution >= 4 is 23.6 Å². The van der Waals surface area contributed by atoms with E-state index in [9.17, 15) is 30.0 Å². The first kappa shape index (κ1) is 18.1. The summed E-state index contributed by atoms with van der Waals surface area (Å²) in [5, 5.41) is 58.4. The van der Waals surface area contributed by atoms with E-state index in [2.05, 4.69) is 5.32 Å². The number of aliphatic carboxylic acids is 1. The average molecular weight is 325 g/mol. The van der Waals surface area contributed by atoms with Gasteiger partial charge in [0.25, 0.3) is 0 Å². The maximum Gasteiger partial charge on any atom is 0.346 e. The molecule has 0 aromatic rings. The van der Waals surface area contributed by atoms with E-state index >= 15 is 0 Å². The van der Waals surface area contributed by atoms with Crippen LogP contribution in [0.4, 0.5) is 0 Å². The van der Waals surface area contributed by atoms with E-state index in [1.54, 1.807) is 0 Å². The lowest BCUT2D eigenvalue weighted by Gasteiger charge is -2.44. The van der Waals surface area contributed by atoms with Gasteiger partial charge >= 0.3 is 5.97 Å². The van der Waals surface area contributed by atoms with Gasteiger partial charge in [-0.1, -0.05) is 0 Å². The van der Waals surface area contributed by atoms with Gasteiger partial charge in [-0.3, -0.25) is 4.79 Å². The van der Waals surface area contributed by atoms with Crippen LogP contribution in [0, 0.1) is 0 Å². The van der Waals surface area contributed by atoms with Gasteiger partial charge in [0.05, 0.1) is 30.1 Å². The summed E-state index contributed by atoms with van der Waals surface area (Å²) in [6.45, 7) is 0.369. The van der Waals surface area contributed by atoms with E-state index in [1.807, 2.05) is 0 Å². The zero-order chi connectivity index (χ0) is 16.4. The third-order valence-electron chi connectivity index (χ3n) is 3.21. The first-order chi connectivity index (χ1) is 9.62. The summed E-state index contributed by atoms with van der Waals surface area (Å²) in [6, 6.07) is -1.08. The number of carbonyl (C=O) groups excluding carboxylic acids is 1. The minimum absolute atomic E-state index is 0.408. The summed E-state index contributed by atoms with van der Waals surface area (Å²) in [5.74, 6) is -2.14. The predicted molar refractivity (Wildman–Crippen MR) is 71.3 cm³/mol. The number of carboxylic acids is 1. The van der Waals surface area contributed by atoms with E-state index in [0.717, 1.165) is 0 Å². The Morgan fingerprint density at radius 3 is 2.43 bits per heavy atom. The Bertz CT molecular complexity index is 408. The molecule has 0 saturated carbocycles. The molecule has 0 aliphatic carbocycles. The van der Waals surface area contributed by atoms with Gasteiger partial charge in [0, 0.05) is 13.3 Å². The van der Waals surface area contributed by atoms with Gasteiger partial charge in [-0.2, -0.15) is 0 Å². The Kier molecular flexibility index (Phi) is 5.96. The summed E-state index contributed by atoms with van der Waals surface area (Å²) in [4.78, 5) is 19.9. The highest BCUT2D eigenvalue weighted by Gasteiger charge is 2.53. The maximum atomic E-state index is 11.2. The molecule has 1 unspecified atom stereocenters. The third-order valence-corrected chi connectivity index (χ3v) is 4.78. The van der Waals surface area contributed by atoms with Crippen molar-refractivity contribution in [2.24, 2.45) is 0 Å². The maximum absolute atomic E-state index is 11.2. The molecule has 1 saturated heterocycles. The quantitative estimate of drug-likeness (QED) is 0.276. The molecule has 10 heteroatoms.